The van der Waals surface area contributed by atoms with Crippen molar-refractivity contribution in [2.75, 3.05) is 13.1 Å². The number of aromatic amines is 1. The Hall–Kier alpha value is -2.61. The van der Waals surface area contributed by atoms with Gasteiger partial charge in [-0.25, -0.2) is 0 Å². The zero-order valence-electron chi connectivity index (χ0n) is 17.9. The summed E-state index contributed by atoms with van der Waals surface area (Å²) in [5.74, 6) is 0.708. The maximum atomic E-state index is 6.45. The summed E-state index contributed by atoms with van der Waals surface area (Å²) >= 11 is 12.8. The number of nitrogens with zero attached hydrogens (tertiary/aromatic N) is 4. The van der Waals surface area contributed by atoms with Crippen LogP contribution in [0.4, 0.5) is 0 Å². The smallest absolute Gasteiger partial charge is 0.124 e. The van der Waals surface area contributed by atoms with Crippen molar-refractivity contribution in [3.63, 3.8) is 0 Å². The van der Waals surface area contributed by atoms with Gasteiger partial charge in [-0.15, -0.1) is 0 Å². The molecule has 4 aromatic rings. The minimum atomic E-state index is -0.341. The van der Waals surface area contributed by atoms with Crippen LogP contribution in [-0.4, -0.2) is 38.1 Å². The number of fused-ring (bicyclic) bond motifs is 1. The number of hydrogen-bond donors (Lipinski definition) is 2. The number of H-pyrrole nitrogens is 1. The van der Waals surface area contributed by atoms with Crippen molar-refractivity contribution in [2.24, 2.45) is 0 Å². The Labute approximate surface area is 196 Å². The molecule has 1 aliphatic rings. The molecule has 9 heteroatoms. The van der Waals surface area contributed by atoms with Crippen LogP contribution in [0.2, 0.25) is 10.0 Å². The van der Waals surface area contributed by atoms with Gasteiger partial charge in [-0.2, -0.15) is 10.2 Å². The van der Waals surface area contributed by atoms with Crippen molar-refractivity contribution in [3.05, 3.63) is 58.1 Å². The quantitative estimate of drug-likeness (QED) is 0.402. The molecular formula is C23H24Cl2N6O. The normalized spacial score (nSPS) is 15.9. The van der Waals surface area contributed by atoms with Gasteiger partial charge in [0.1, 0.15) is 17.5 Å². The van der Waals surface area contributed by atoms with E-state index in [1.165, 1.54) is 0 Å². The first kappa shape index (κ1) is 21.2. The van der Waals surface area contributed by atoms with E-state index in [1.54, 1.807) is 6.20 Å². The molecule has 3 aromatic heterocycles. The molecule has 4 heterocycles. The average Bonchev–Trinajstić information content (AvgIpc) is 3.44. The number of benzene rings is 1. The van der Waals surface area contributed by atoms with Gasteiger partial charge in [0.15, 0.2) is 0 Å². The molecule has 0 bridgehead atoms. The molecule has 1 saturated heterocycles. The second-order valence-electron chi connectivity index (χ2n) is 8.15. The van der Waals surface area contributed by atoms with Gasteiger partial charge in [0.25, 0.3) is 0 Å². The van der Waals surface area contributed by atoms with Crippen molar-refractivity contribution in [2.45, 2.75) is 38.8 Å². The molecular weight excluding hydrogens is 447 g/mol. The molecule has 166 valence electrons. The monoisotopic (exact) mass is 470 g/mol. The SMILES string of the molecule is Cc1ncc(Cl)c(C(C)Oc2ccc3[nH]nc(-c4cnn(C5CCNCC5)c4)c3c2)c1Cl. The lowest BCUT2D eigenvalue weighted by atomic mass is 10.1. The Morgan fingerprint density at radius 1 is 1.19 bits per heavy atom. The molecule has 0 amide bonds. The Bertz CT molecular complexity index is 1260. The maximum Gasteiger partial charge on any atom is 0.124 e. The number of rotatable bonds is 5. The zero-order valence-corrected chi connectivity index (χ0v) is 19.4. The fourth-order valence-corrected chi connectivity index (χ4v) is 4.88. The molecule has 1 aromatic carbocycles. The lowest BCUT2D eigenvalue weighted by molar-refractivity contribution is 0.227. The average molecular weight is 471 g/mol. The van der Waals surface area contributed by atoms with Crippen LogP contribution in [0.15, 0.2) is 36.8 Å². The van der Waals surface area contributed by atoms with Gasteiger partial charge in [-0.05, 0) is 58.0 Å². The largest absolute Gasteiger partial charge is 0.486 e. The van der Waals surface area contributed by atoms with Crippen molar-refractivity contribution in [3.8, 4) is 17.0 Å². The number of aryl methyl sites for hydroxylation is 1. The van der Waals surface area contributed by atoms with Crippen LogP contribution >= 0.6 is 23.2 Å². The van der Waals surface area contributed by atoms with Crippen LogP contribution in [0.5, 0.6) is 5.75 Å². The topological polar surface area (TPSA) is 80.7 Å². The summed E-state index contributed by atoms with van der Waals surface area (Å²) in [5.41, 5.74) is 4.23. The number of hydrogen-bond acceptors (Lipinski definition) is 5. The fraction of sp³-hybridized carbons (Fsp3) is 0.348. The number of ether oxygens (including phenoxy) is 1. The second-order valence-corrected chi connectivity index (χ2v) is 8.93. The Balaban J connectivity index is 1.43. The Kier molecular flexibility index (Phi) is 5.80. The number of nitrogens with one attached hydrogen (secondary N) is 2. The van der Waals surface area contributed by atoms with Crippen molar-refractivity contribution in [1.82, 2.24) is 30.3 Å². The molecule has 1 fully saturated rings. The number of halogens is 2. The molecule has 0 saturated carbocycles. The predicted octanol–water partition coefficient (Wildman–Crippen LogP) is 5.50. The third kappa shape index (κ3) is 3.96. The van der Waals surface area contributed by atoms with E-state index in [4.69, 9.17) is 27.9 Å². The molecule has 1 aliphatic heterocycles. The highest BCUT2D eigenvalue weighted by Crippen LogP contribution is 2.36. The van der Waals surface area contributed by atoms with Gasteiger partial charge in [-0.1, -0.05) is 23.2 Å². The minimum absolute atomic E-state index is 0.341. The van der Waals surface area contributed by atoms with Crippen LogP contribution in [0.1, 0.15) is 43.2 Å². The number of aromatic nitrogens is 5. The molecule has 32 heavy (non-hydrogen) atoms. The van der Waals surface area contributed by atoms with E-state index >= 15 is 0 Å². The maximum absolute atomic E-state index is 6.45. The van der Waals surface area contributed by atoms with Crippen LogP contribution in [0.3, 0.4) is 0 Å². The highest BCUT2D eigenvalue weighted by atomic mass is 35.5. The fourth-order valence-electron chi connectivity index (χ4n) is 4.23. The standard InChI is InChI=1S/C23H24Cl2N6O/c1-13-22(25)21(19(24)11-27-13)14(2)32-17-3-4-20-18(9-17)23(30-29-20)15-10-28-31(12-15)16-5-7-26-8-6-16/h3-4,9-12,14,16,26H,5-8H2,1-2H3,(H,29,30). The van der Waals surface area contributed by atoms with Crippen molar-refractivity contribution in [1.29, 1.82) is 0 Å². The van der Waals surface area contributed by atoms with Crippen LogP contribution in [0, 0.1) is 6.92 Å². The first-order valence-electron chi connectivity index (χ1n) is 10.7. The first-order valence-corrected chi connectivity index (χ1v) is 11.5. The molecule has 0 aliphatic carbocycles. The van der Waals surface area contributed by atoms with E-state index in [2.05, 4.69) is 36.5 Å². The van der Waals surface area contributed by atoms with Crippen molar-refractivity contribution < 1.29 is 4.74 Å². The molecule has 2 N–H and O–H groups in total. The Morgan fingerprint density at radius 2 is 2.00 bits per heavy atom. The molecule has 7 nitrogen and oxygen atoms in total. The summed E-state index contributed by atoms with van der Waals surface area (Å²) in [5, 5.41) is 17.7. The van der Waals surface area contributed by atoms with Gasteiger partial charge < -0.3 is 10.1 Å². The predicted molar refractivity (Wildman–Crippen MR) is 126 cm³/mol. The van der Waals surface area contributed by atoms with Crippen molar-refractivity contribution >= 4 is 34.1 Å². The van der Waals surface area contributed by atoms with E-state index in [9.17, 15) is 0 Å². The van der Waals surface area contributed by atoms with Crippen LogP contribution in [-0.2, 0) is 0 Å². The molecule has 1 unspecified atom stereocenters. The van der Waals surface area contributed by atoms with Gasteiger partial charge in [0.05, 0.1) is 33.5 Å². The summed E-state index contributed by atoms with van der Waals surface area (Å²) in [6.07, 6.45) is 7.39. The Morgan fingerprint density at radius 3 is 2.81 bits per heavy atom. The molecule has 0 radical (unpaired) electrons. The zero-order chi connectivity index (χ0) is 22.2. The molecule has 0 spiro atoms. The van der Waals surface area contributed by atoms with E-state index in [-0.39, 0.29) is 6.10 Å². The lowest BCUT2D eigenvalue weighted by Gasteiger charge is -2.22. The summed E-state index contributed by atoms with van der Waals surface area (Å²) in [7, 11) is 0. The first-order chi connectivity index (χ1) is 15.5. The summed E-state index contributed by atoms with van der Waals surface area (Å²) in [6.45, 7) is 5.82. The third-order valence-electron chi connectivity index (χ3n) is 5.99. The van der Waals surface area contributed by atoms with E-state index in [0.717, 1.165) is 59.3 Å². The van der Waals surface area contributed by atoms with E-state index < -0.39 is 0 Å². The highest BCUT2D eigenvalue weighted by molar-refractivity contribution is 6.36. The minimum Gasteiger partial charge on any atom is -0.486 e. The summed E-state index contributed by atoms with van der Waals surface area (Å²) < 4.78 is 8.28. The number of pyridine rings is 1. The lowest BCUT2D eigenvalue weighted by Crippen LogP contribution is -2.29. The molecule has 5 rings (SSSR count). The molecule has 1 atom stereocenters. The summed E-state index contributed by atoms with van der Waals surface area (Å²) in [6, 6.07) is 6.29. The highest BCUT2D eigenvalue weighted by Gasteiger charge is 2.20. The van der Waals surface area contributed by atoms with Gasteiger partial charge in [0.2, 0.25) is 0 Å². The second kappa shape index (κ2) is 8.73. The van der Waals surface area contributed by atoms with Gasteiger partial charge >= 0.3 is 0 Å². The summed E-state index contributed by atoms with van der Waals surface area (Å²) in [4.78, 5) is 4.20. The van der Waals surface area contributed by atoms with Crippen LogP contribution < -0.4 is 10.1 Å². The van der Waals surface area contributed by atoms with Crippen LogP contribution in [0.25, 0.3) is 22.2 Å². The number of piperidine rings is 1. The van der Waals surface area contributed by atoms with Gasteiger partial charge in [0, 0.05) is 28.9 Å². The third-order valence-corrected chi connectivity index (χ3v) is 6.77. The van der Waals surface area contributed by atoms with E-state index in [0.29, 0.717) is 21.8 Å². The van der Waals surface area contributed by atoms with E-state index in [1.807, 2.05) is 38.2 Å². The van der Waals surface area contributed by atoms with Gasteiger partial charge in [-0.3, -0.25) is 14.8 Å².